The number of rotatable bonds is 2. The zero-order valence-electron chi connectivity index (χ0n) is 9.80. The molecule has 2 aliphatic carbocycles. The van der Waals surface area contributed by atoms with Gasteiger partial charge in [-0.1, -0.05) is 0 Å². The van der Waals surface area contributed by atoms with Crippen LogP contribution < -0.4 is 0 Å². The molecule has 0 aromatic rings. The van der Waals surface area contributed by atoms with Crippen LogP contribution in [0.2, 0.25) is 0 Å². The Labute approximate surface area is 124 Å². The Kier molecular flexibility index (Phi) is 7.18. The van der Waals surface area contributed by atoms with Crippen molar-refractivity contribution in [1.82, 2.24) is 0 Å². The summed E-state index contributed by atoms with van der Waals surface area (Å²) in [6, 6.07) is 0. The average Bonchev–Trinajstić information content (AvgIpc) is 2.31. The molecule has 2 aliphatic rings. The maximum absolute atomic E-state index is 6.80. The normalized spacial score (nSPS) is 26.1. The monoisotopic (exact) mass is 374 g/mol. The summed E-state index contributed by atoms with van der Waals surface area (Å²) in [7, 11) is 0. The van der Waals surface area contributed by atoms with Crippen LogP contribution in [0.5, 0.6) is 0 Å². The van der Waals surface area contributed by atoms with Crippen LogP contribution in [0.1, 0.15) is 64.2 Å². The summed E-state index contributed by atoms with van der Waals surface area (Å²) in [4.78, 5) is 0. The minimum atomic E-state index is -1.96. The Morgan fingerprint density at radius 2 is 0.938 bits per heavy atom. The summed E-state index contributed by atoms with van der Waals surface area (Å²) in [6.07, 6.45) is 13.5. The van der Waals surface area contributed by atoms with E-state index in [2.05, 4.69) is 0 Å². The minimum absolute atomic E-state index is 0. The third-order valence-electron chi connectivity index (χ3n) is 4.30. The van der Waals surface area contributed by atoms with Gasteiger partial charge in [0.15, 0.2) is 0 Å². The van der Waals surface area contributed by atoms with Crippen LogP contribution in [0.25, 0.3) is 0 Å². The second-order valence-electron chi connectivity index (χ2n) is 5.34. The van der Waals surface area contributed by atoms with E-state index in [4.69, 9.17) is 22.5 Å². The van der Waals surface area contributed by atoms with E-state index in [1.165, 1.54) is 64.2 Å². The maximum Gasteiger partial charge on any atom is 0 e. The second-order valence-corrected chi connectivity index (χ2v) is 12.7. The standard InChI is InChI=1S/C12H23Cl2P.Pd/c13-15(14,11-7-3-1-4-8-11)12-9-5-2-6-10-12;/h11-12,15H,1-10H2;. The fourth-order valence-corrected chi connectivity index (χ4v) is 8.95. The summed E-state index contributed by atoms with van der Waals surface area (Å²) in [6.45, 7) is 0. The van der Waals surface area contributed by atoms with Gasteiger partial charge in [0, 0.05) is 20.4 Å². The first-order valence-corrected chi connectivity index (χ1v) is 10.8. The van der Waals surface area contributed by atoms with E-state index < -0.39 is 5.97 Å². The maximum atomic E-state index is 6.80. The molecule has 2 rings (SSSR count). The zero-order valence-corrected chi connectivity index (χ0v) is 13.9. The van der Waals surface area contributed by atoms with Crippen molar-refractivity contribution in [1.29, 1.82) is 0 Å². The molecule has 0 N–H and O–H groups in total. The molecule has 0 aromatic carbocycles. The fraction of sp³-hybridized carbons (Fsp3) is 1.00. The first-order valence-electron chi connectivity index (χ1n) is 6.59. The van der Waals surface area contributed by atoms with Gasteiger partial charge in [0.05, 0.1) is 0 Å². The smallest absolute Gasteiger partial charge is 0 e. The SMILES string of the molecule is Cl[PH](Cl)(C1CCCCC1)C1CCCCC1.[Pd]. The Morgan fingerprint density at radius 3 is 1.25 bits per heavy atom. The van der Waals surface area contributed by atoms with Crippen LogP contribution in [-0.4, -0.2) is 11.3 Å². The van der Waals surface area contributed by atoms with E-state index in [-0.39, 0.29) is 20.4 Å². The van der Waals surface area contributed by atoms with E-state index in [9.17, 15) is 0 Å². The predicted octanol–water partition coefficient (Wildman–Crippen LogP) is 5.71. The molecule has 0 bridgehead atoms. The van der Waals surface area contributed by atoms with Crippen molar-refractivity contribution in [3.8, 4) is 0 Å². The molecule has 0 aromatic heterocycles. The topological polar surface area (TPSA) is 0 Å². The van der Waals surface area contributed by atoms with E-state index >= 15 is 0 Å². The zero-order chi connectivity index (χ0) is 10.7. The average molecular weight is 376 g/mol. The van der Waals surface area contributed by atoms with Crippen LogP contribution >= 0.6 is 28.4 Å². The number of hydrogen-bond acceptors (Lipinski definition) is 0. The van der Waals surface area contributed by atoms with Crippen LogP contribution in [0.15, 0.2) is 0 Å². The van der Waals surface area contributed by atoms with Crippen LogP contribution in [-0.2, 0) is 20.4 Å². The molecule has 0 nitrogen and oxygen atoms in total. The summed E-state index contributed by atoms with van der Waals surface area (Å²) < 4.78 is 0. The Hall–Kier alpha value is 1.67. The third-order valence-corrected chi connectivity index (χ3v) is 11.3. The number of hydrogen-bond donors (Lipinski definition) is 0. The van der Waals surface area contributed by atoms with Crippen molar-refractivity contribution in [2.75, 3.05) is 0 Å². The Morgan fingerprint density at radius 1 is 0.625 bits per heavy atom. The van der Waals surface area contributed by atoms with Crippen molar-refractivity contribution >= 4 is 28.4 Å². The minimum Gasteiger partial charge on any atom is 0 e. The predicted molar refractivity (Wildman–Crippen MR) is 73.8 cm³/mol. The molecular weight excluding hydrogens is 352 g/mol. The fourth-order valence-electron chi connectivity index (χ4n) is 3.31. The molecule has 0 heterocycles. The van der Waals surface area contributed by atoms with Crippen molar-refractivity contribution < 1.29 is 20.4 Å². The van der Waals surface area contributed by atoms with E-state index in [1.54, 1.807) is 0 Å². The van der Waals surface area contributed by atoms with Gasteiger partial charge >= 0.3 is 104 Å². The van der Waals surface area contributed by atoms with E-state index in [0.717, 1.165) is 0 Å². The van der Waals surface area contributed by atoms with Gasteiger partial charge in [-0.2, -0.15) is 0 Å². The van der Waals surface area contributed by atoms with Gasteiger partial charge in [0.25, 0.3) is 0 Å². The van der Waals surface area contributed by atoms with Gasteiger partial charge in [-0.25, -0.2) is 0 Å². The second kappa shape index (κ2) is 7.31. The van der Waals surface area contributed by atoms with Crippen molar-refractivity contribution in [3.05, 3.63) is 0 Å². The van der Waals surface area contributed by atoms with Gasteiger partial charge in [0.1, 0.15) is 0 Å². The van der Waals surface area contributed by atoms with E-state index in [1.807, 2.05) is 0 Å². The molecule has 0 atom stereocenters. The molecule has 4 heteroatoms. The van der Waals surface area contributed by atoms with Gasteiger partial charge in [-0.05, 0) is 0 Å². The third kappa shape index (κ3) is 3.83. The Balaban J connectivity index is 0.00000128. The quantitative estimate of drug-likeness (QED) is 0.428. The molecule has 100 valence electrons. The van der Waals surface area contributed by atoms with Gasteiger partial charge < -0.3 is 0 Å². The molecule has 0 spiro atoms. The van der Waals surface area contributed by atoms with Gasteiger partial charge in [0.2, 0.25) is 0 Å². The van der Waals surface area contributed by atoms with Crippen LogP contribution in [0.3, 0.4) is 0 Å². The molecule has 16 heavy (non-hydrogen) atoms. The molecule has 2 fully saturated rings. The first-order chi connectivity index (χ1) is 7.21. The molecule has 0 aliphatic heterocycles. The summed E-state index contributed by atoms with van der Waals surface area (Å²) in [5.74, 6) is -1.96. The van der Waals surface area contributed by atoms with Crippen LogP contribution in [0.4, 0.5) is 0 Å². The summed E-state index contributed by atoms with van der Waals surface area (Å²) in [5, 5.41) is 0. The number of halogens is 2. The van der Waals surface area contributed by atoms with Crippen molar-refractivity contribution in [3.63, 3.8) is 0 Å². The largest absolute Gasteiger partial charge is 0 e. The summed E-state index contributed by atoms with van der Waals surface area (Å²) >= 11 is 13.6. The Bertz CT molecular complexity index is 179. The van der Waals surface area contributed by atoms with Crippen LogP contribution in [0, 0.1) is 0 Å². The molecule has 0 radical (unpaired) electrons. The molecule has 2 saturated carbocycles. The summed E-state index contributed by atoms with van der Waals surface area (Å²) in [5.41, 5.74) is 1.41. The molecule has 0 unspecified atom stereocenters. The van der Waals surface area contributed by atoms with Crippen molar-refractivity contribution in [2.45, 2.75) is 75.5 Å². The van der Waals surface area contributed by atoms with E-state index in [0.29, 0.717) is 11.3 Å². The molecule has 0 saturated heterocycles. The van der Waals surface area contributed by atoms with Gasteiger partial charge in [-0.15, -0.1) is 0 Å². The van der Waals surface area contributed by atoms with Gasteiger partial charge in [-0.3, -0.25) is 0 Å². The molecule has 0 amide bonds. The van der Waals surface area contributed by atoms with Crippen molar-refractivity contribution in [2.24, 2.45) is 0 Å². The first kappa shape index (κ1) is 15.7. The molecular formula is C12H23Cl2PPd.